The van der Waals surface area contributed by atoms with Gasteiger partial charge in [0.25, 0.3) is 0 Å². The highest BCUT2D eigenvalue weighted by atomic mass is 32.2. The van der Waals surface area contributed by atoms with E-state index < -0.39 is 12.0 Å². The Morgan fingerprint density at radius 3 is 2.81 bits per heavy atom. The lowest BCUT2D eigenvalue weighted by molar-refractivity contribution is -0.141. The number of carbonyl (C=O) groups excluding carboxylic acids is 1. The van der Waals surface area contributed by atoms with E-state index in [-0.39, 0.29) is 11.7 Å². The van der Waals surface area contributed by atoms with E-state index in [0.29, 0.717) is 6.42 Å². The number of amides is 1. The Morgan fingerprint density at radius 2 is 2.10 bits per heavy atom. The van der Waals surface area contributed by atoms with E-state index in [0.717, 1.165) is 24.2 Å². The Morgan fingerprint density at radius 1 is 1.33 bits per heavy atom. The lowest BCUT2D eigenvalue weighted by Crippen LogP contribution is -2.41. The third-order valence-corrected chi connectivity index (χ3v) is 4.64. The van der Waals surface area contributed by atoms with Crippen molar-refractivity contribution in [2.24, 2.45) is 0 Å². The van der Waals surface area contributed by atoms with Crippen LogP contribution in [0.25, 0.3) is 0 Å². The average Bonchev–Trinajstić information content (AvgIpc) is 2.92. The standard InChI is InChI=1S/C16H21NO3S/c1-2-4-14(16(19)20)17-15(18)10-21-13-8-7-11-5-3-6-12(11)9-13/h7-9,14H,2-6,10H2,1H3,(H,17,18)(H,19,20)/t14-/m0/s1. The Labute approximate surface area is 129 Å². The first-order chi connectivity index (χ1) is 10.1. The molecule has 4 nitrogen and oxygen atoms in total. The van der Waals surface area contributed by atoms with E-state index >= 15 is 0 Å². The fourth-order valence-corrected chi connectivity index (χ4v) is 3.34. The number of aliphatic carboxylic acids is 1. The number of hydrogen-bond acceptors (Lipinski definition) is 3. The number of carboxylic acid groups (broad SMARTS) is 1. The molecule has 0 spiro atoms. The van der Waals surface area contributed by atoms with Crippen LogP contribution in [-0.2, 0) is 22.4 Å². The molecule has 1 amide bonds. The van der Waals surface area contributed by atoms with Crippen LogP contribution in [0.3, 0.4) is 0 Å². The molecule has 0 saturated carbocycles. The third-order valence-electron chi connectivity index (χ3n) is 3.65. The Hall–Kier alpha value is -1.49. The number of thioether (sulfide) groups is 1. The minimum atomic E-state index is -0.965. The van der Waals surface area contributed by atoms with Crippen LogP contribution in [0.1, 0.15) is 37.3 Å². The second-order valence-electron chi connectivity index (χ2n) is 5.32. The second-order valence-corrected chi connectivity index (χ2v) is 6.37. The SMILES string of the molecule is CCC[C@H](NC(=O)CSc1ccc2c(c1)CCC2)C(=O)O. The van der Waals surface area contributed by atoms with Gasteiger partial charge in [-0.15, -0.1) is 11.8 Å². The average molecular weight is 307 g/mol. The van der Waals surface area contributed by atoms with Crippen LogP contribution in [0.2, 0.25) is 0 Å². The molecule has 2 rings (SSSR count). The number of hydrogen-bond donors (Lipinski definition) is 2. The maximum Gasteiger partial charge on any atom is 0.326 e. The van der Waals surface area contributed by atoms with Crippen molar-refractivity contribution in [3.63, 3.8) is 0 Å². The highest BCUT2D eigenvalue weighted by molar-refractivity contribution is 8.00. The minimum Gasteiger partial charge on any atom is -0.480 e. The fourth-order valence-electron chi connectivity index (χ4n) is 2.57. The molecule has 1 aromatic rings. The fraction of sp³-hybridized carbons (Fsp3) is 0.500. The molecule has 114 valence electrons. The van der Waals surface area contributed by atoms with Crippen LogP contribution >= 0.6 is 11.8 Å². The molecule has 0 radical (unpaired) electrons. The Balaban J connectivity index is 1.84. The number of nitrogens with one attached hydrogen (secondary N) is 1. The second kappa shape index (κ2) is 7.50. The highest BCUT2D eigenvalue weighted by Crippen LogP contribution is 2.27. The monoisotopic (exact) mass is 307 g/mol. The van der Waals surface area contributed by atoms with E-state index in [4.69, 9.17) is 5.11 Å². The van der Waals surface area contributed by atoms with Gasteiger partial charge in [-0.1, -0.05) is 19.4 Å². The molecule has 0 aliphatic heterocycles. The molecule has 1 aliphatic carbocycles. The summed E-state index contributed by atoms with van der Waals surface area (Å²) in [4.78, 5) is 23.9. The summed E-state index contributed by atoms with van der Waals surface area (Å²) in [6.07, 6.45) is 4.67. The van der Waals surface area contributed by atoms with E-state index in [1.807, 2.05) is 13.0 Å². The molecule has 1 atom stereocenters. The summed E-state index contributed by atoms with van der Waals surface area (Å²) < 4.78 is 0. The van der Waals surface area contributed by atoms with Crippen LogP contribution in [0.15, 0.2) is 23.1 Å². The van der Waals surface area contributed by atoms with Gasteiger partial charge in [-0.2, -0.15) is 0 Å². The molecule has 0 bridgehead atoms. The molecule has 5 heteroatoms. The van der Waals surface area contributed by atoms with Crippen molar-refractivity contribution >= 4 is 23.6 Å². The molecule has 0 unspecified atom stereocenters. The number of aryl methyl sites for hydroxylation is 2. The van der Waals surface area contributed by atoms with Gasteiger partial charge < -0.3 is 10.4 Å². The van der Waals surface area contributed by atoms with E-state index in [9.17, 15) is 9.59 Å². The predicted octanol–water partition coefficient (Wildman–Crippen LogP) is 2.64. The maximum atomic E-state index is 11.8. The molecule has 21 heavy (non-hydrogen) atoms. The van der Waals surface area contributed by atoms with Gasteiger partial charge in [0.15, 0.2) is 0 Å². The van der Waals surface area contributed by atoms with Crippen molar-refractivity contribution in [3.8, 4) is 0 Å². The normalized spacial score (nSPS) is 14.5. The zero-order valence-electron chi connectivity index (χ0n) is 12.2. The summed E-state index contributed by atoms with van der Waals surface area (Å²) in [5.74, 6) is -0.930. The van der Waals surface area contributed by atoms with Gasteiger partial charge in [-0.25, -0.2) is 4.79 Å². The topological polar surface area (TPSA) is 66.4 Å². The molecule has 0 heterocycles. The lowest BCUT2D eigenvalue weighted by Gasteiger charge is -2.13. The van der Waals surface area contributed by atoms with Crippen molar-refractivity contribution < 1.29 is 14.7 Å². The van der Waals surface area contributed by atoms with E-state index in [2.05, 4.69) is 17.4 Å². The number of carboxylic acids is 1. The molecule has 1 aliphatic rings. The molecule has 0 fully saturated rings. The molecular formula is C16H21NO3S. The van der Waals surface area contributed by atoms with Crippen molar-refractivity contribution in [1.29, 1.82) is 0 Å². The smallest absolute Gasteiger partial charge is 0.326 e. The predicted molar refractivity (Wildman–Crippen MR) is 83.7 cm³/mol. The summed E-state index contributed by atoms with van der Waals surface area (Å²) in [6, 6.07) is 5.56. The summed E-state index contributed by atoms with van der Waals surface area (Å²) in [7, 11) is 0. The summed E-state index contributed by atoms with van der Waals surface area (Å²) in [5.41, 5.74) is 2.80. The van der Waals surface area contributed by atoms with Gasteiger partial charge in [0.1, 0.15) is 6.04 Å². The van der Waals surface area contributed by atoms with Crippen LogP contribution in [-0.4, -0.2) is 28.8 Å². The van der Waals surface area contributed by atoms with Gasteiger partial charge in [0.05, 0.1) is 5.75 Å². The number of rotatable bonds is 7. The van der Waals surface area contributed by atoms with Crippen LogP contribution < -0.4 is 5.32 Å². The minimum absolute atomic E-state index is 0.221. The first-order valence-corrected chi connectivity index (χ1v) is 8.35. The van der Waals surface area contributed by atoms with Gasteiger partial charge >= 0.3 is 5.97 Å². The third kappa shape index (κ3) is 4.49. The Kier molecular flexibility index (Phi) is 5.67. The highest BCUT2D eigenvalue weighted by Gasteiger charge is 2.19. The summed E-state index contributed by atoms with van der Waals surface area (Å²) in [6.45, 7) is 1.90. The molecule has 0 saturated heterocycles. The zero-order chi connectivity index (χ0) is 15.2. The van der Waals surface area contributed by atoms with E-state index in [1.165, 1.54) is 29.3 Å². The largest absolute Gasteiger partial charge is 0.480 e. The number of fused-ring (bicyclic) bond motifs is 1. The first kappa shape index (κ1) is 15.9. The Bertz CT molecular complexity index is 530. The molecule has 2 N–H and O–H groups in total. The molecular weight excluding hydrogens is 286 g/mol. The van der Waals surface area contributed by atoms with Gasteiger partial charge in [-0.3, -0.25) is 4.79 Å². The van der Waals surface area contributed by atoms with E-state index in [1.54, 1.807) is 0 Å². The van der Waals surface area contributed by atoms with Crippen molar-refractivity contribution in [2.75, 3.05) is 5.75 Å². The van der Waals surface area contributed by atoms with Crippen LogP contribution in [0, 0.1) is 0 Å². The maximum absolute atomic E-state index is 11.8. The van der Waals surface area contributed by atoms with Gasteiger partial charge in [0, 0.05) is 4.90 Å². The lowest BCUT2D eigenvalue weighted by atomic mass is 10.1. The van der Waals surface area contributed by atoms with Crippen LogP contribution in [0.5, 0.6) is 0 Å². The van der Waals surface area contributed by atoms with Crippen molar-refractivity contribution in [3.05, 3.63) is 29.3 Å². The summed E-state index contributed by atoms with van der Waals surface area (Å²) >= 11 is 1.46. The van der Waals surface area contributed by atoms with Gasteiger partial charge in [0.2, 0.25) is 5.91 Å². The van der Waals surface area contributed by atoms with Crippen molar-refractivity contribution in [2.45, 2.75) is 50.0 Å². The van der Waals surface area contributed by atoms with Gasteiger partial charge in [-0.05, 0) is 48.9 Å². The first-order valence-electron chi connectivity index (χ1n) is 7.37. The quantitative estimate of drug-likeness (QED) is 0.760. The zero-order valence-corrected chi connectivity index (χ0v) is 13.0. The molecule has 0 aromatic heterocycles. The summed E-state index contributed by atoms with van der Waals surface area (Å²) in [5, 5.41) is 11.6. The molecule has 1 aromatic carbocycles. The number of carbonyl (C=O) groups is 2. The number of benzene rings is 1. The van der Waals surface area contributed by atoms with Crippen LogP contribution in [0.4, 0.5) is 0 Å². The van der Waals surface area contributed by atoms with Crippen molar-refractivity contribution in [1.82, 2.24) is 5.32 Å².